The summed E-state index contributed by atoms with van der Waals surface area (Å²) in [5.41, 5.74) is 1.79. The van der Waals surface area contributed by atoms with Gasteiger partial charge < -0.3 is 24.8 Å². The standard InChI is InChI=1S/C21H21N3O4/c1-26-16-10-14(11-17(12-16)27-2)21(25)23-15-8-9-20(22-13-15)24-18-6-4-5-7-19(18)28-3/h4-13H,1-3H3,(H,22,24)(H,23,25). The molecule has 0 fully saturated rings. The fourth-order valence-corrected chi connectivity index (χ4v) is 2.57. The van der Waals surface area contributed by atoms with Crippen molar-refractivity contribution in [2.75, 3.05) is 32.0 Å². The van der Waals surface area contributed by atoms with Crippen molar-refractivity contribution in [3.8, 4) is 17.2 Å². The molecule has 28 heavy (non-hydrogen) atoms. The highest BCUT2D eigenvalue weighted by molar-refractivity contribution is 6.04. The largest absolute Gasteiger partial charge is 0.497 e. The van der Waals surface area contributed by atoms with Crippen molar-refractivity contribution in [1.29, 1.82) is 0 Å². The number of rotatable bonds is 7. The fraction of sp³-hybridized carbons (Fsp3) is 0.143. The number of amides is 1. The fourth-order valence-electron chi connectivity index (χ4n) is 2.57. The van der Waals surface area contributed by atoms with Crippen molar-refractivity contribution >= 4 is 23.1 Å². The zero-order valence-corrected chi connectivity index (χ0v) is 15.9. The Labute approximate surface area is 163 Å². The minimum atomic E-state index is -0.288. The van der Waals surface area contributed by atoms with Crippen LogP contribution in [-0.2, 0) is 0 Å². The summed E-state index contributed by atoms with van der Waals surface area (Å²) in [7, 11) is 4.68. The molecular weight excluding hydrogens is 358 g/mol. The molecule has 0 unspecified atom stereocenters. The van der Waals surface area contributed by atoms with Crippen LogP contribution >= 0.6 is 0 Å². The van der Waals surface area contributed by atoms with Crippen molar-refractivity contribution in [2.24, 2.45) is 0 Å². The molecule has 3 aromatic rings. The quantitative estimate of drug-likeness (QED) is 0.643. The SMILES string of the molecule is COc1cc(OC)cc(C(=O)Nc2ccc(Nc3ccccc3OC)nc2)c1. The van der Waals surface area contributed by atoms with Crippen LogP contribution in [0.3, 0.4) is 0 Å². The summed E-state index contributed by atoms with van der Waals surface area (Å²) in [6.07, 6.45) is 1.58. The average Bonchev–Trinajstić information content (AvgIpc) is 2.75. The van der Waals surface area contributed by atoms with Crippen LogP contribution in [0.2, 0.25) is 0 Å². The number of carbonyl (C=O) groups is 1. The van der Waals surface area contributed by atoms with Crippen LogP contribution in [0.4, 0.5) is 17.2 Å². The Hall–Kier alpha value is -3.74. The van der Waals surface area contributed by atoms with Crippen LogP contribution in [0, 0.1) is 0 Å². The predicted molar refractivity (Wildman–Crippen MR) is 108 cm³/mol. The lowest BCUT2D eigenvalue weighted by molar-refractivity contribution is 0.102. The molecular formula is C21H21N3O4. The number of nitrogens with one attached hydrogen (secondary N) is 2. The lowest BCUT2D eigenvalue weighted by Gasteiger charge is -2.11. The molecule has 144 valence electrons. The lowest BCUT2D eigenvalue weighted by atomic mass is 10.2. The first-order valence-corrected chi connectivity index (χ1v) is 8.53. The van der Waals surface area contributed by atoms with Crippen LogP contribution in [-0.4, -0.2) is 32.2 Å². The van der Waals surface area contributed by atoms with Crippen LogP contribution in [0.25, 0.3) is 0 Å². The summed E-state index contributed by atoms with van der Waals surface area (Å²) in [4.78, 5) is 16.9. The van der Waals surface area contributed by atoms with Crippen LogP contribution in [0.1, 0.15) is 10.4 Å². The summed E-state index contributed by atoms with van der Waals surface area (Å²) < 4.78 is 15.7. The summed E-state index contributed by atoms with van der Waals surface area (Å²) in [6.45, 7) is 0. The van der Waals surface area contributed by atoms with Gasteiger partial charge in [0.2, 0.25) is 0 Å². The molecule has 0 aliphatic rings. The third-order valence-electron chi connectivity index (χ3n) is 4.00. The van der Waals surface area contributed by atoms with Gasteiger partial charge in [-0.1, -0.05) is 12.1 Å². The van der Waals surface area contributed by atoms with Crippen molar-refractivity contribution < 1.29 is 19.0 Å². The van der Waals surface area contributed by atoms with E-state index in [1.807, 2.05) is 24.3 Å². The van der Waals surface area contributed by atoms with E-state index in [9.17, 15) is 4.79 Å². The third kappa shape index (κ3) is 4.50. The molecule has 0 atom stereocenters. The minimum absolute atomic E-state index is 0.288. The first-order valence-electron chi connectivity index (χ1n) is 8.53. The number of nitrogens with zero attached hydrogens (tertiary/aromatic N) is 1. The van der Waals surface area contributed by atoms with Gasteiger partial charge in [0, 0.05) is 11.6 Å². The van der Waals surface area contributed by atoms with E-state index in [0.717, 1.165) is 5.69 Å². The Morgan fingerprint density at radius 1 is 0.893 bits per heavy atom. The maximum atomic E-state index is 12.5. The highest BCUT2D eigenvalue weighted by Gasteiger charge is 2.11. The summed E-state index contributed by atoms with van der Waals surface area (Å²) >= 11 is 0. The molecule has 1 amide bonds. The molecule has 2 N–H and O–H groups in total. The average molecular weight is 379 g/mol. The maximum Gasteiger partial charge on any atom is 0.255 e. The van der Waals surface area contributed by atoms with Gasteiger partial charge in [0.15, 0.2) is 0 Å². The number of hydrogen-bond acceptors (Lipinski definition) is 6. The van der Waals surface area contributed by atoms with Crippen LogP contribution in [0.5, 0.6) is 17.2 Å². The molecule has 1 heterocycles. The Morgan fingerprint density at radius 3 is 2.21 bits per heavy atom. The second kappa shape index (κ2) is 8.77. The van der Waals surface area contributed by atoms with Gasteiger partial charge in [-0.05, 0) is 36.4 Å². The van der Waals surface area contributed by atoms with Crippen molar-refractivity contribution in [3.05, 3.63) is 66.4 Å². The molecule has 0 saturated carbocycles. The van der Waals surface area contributed by atoms with E-state index in [2.05, 4.69) is 15.6 Å². The third-order valence-corrected chi connectivity index (χ3v) is 4.00. The normalized spacial score (nSPS) is 10.1. The monoisotopic (exact) mass is 379 g/mol. The van der Waals surface area contributed by atoms with E-state index < -0.39 is 0 Å². The van der Waals surface area contributed by atoms with E-state index in [1.165, 1.54) is 14.2 Å². The van der Waals surface area contributed by atoms with Crippen molar-refractivity contribution in [3.63, 3.8) is 0 Å². The van der Waals surface area contributed by atoms with Gasteiger partial charge in [-0.15, -0.1) is 0 Å². The molecule has 7 heteroatoms. The van der Waals surface area contributed by atoms with Gasteiger partial charge >= 0.3 is 0 Å². The van der Waals surface area contributed by atoms with Gasteiger partial charge in [0.25, 0.3) is 5.91 Å². The van der Waals surface area contributed by atoms with Crippen molar-refractivity contribution in [2.45, 2.75) is 0 Å². The van der Waals surface area contributed by atoms with Gasteiger partial charge in [0.05, 0.1) is 38.9 Å². The lowest BCUT2D eigenvalue weighted by Crippen LogP contribution is -2.12. The Morgan fingerprint density at radius 2 is 1.61 bits per heavy atom. The number of hydrogen-bond donors (Lipinski definition) is 2. The zero-order chi connectivity index (χ0) is 19.9. The number of ether oxygens (including phenoxy) is 3. The minimum Gasteiger partial charge on any atom is -0.497 e. The molecule has 0 bridgehead atoms. The second-order valence-corrected chi connectivity index (χ2v) is 5.81. The molecule has 0 spiro atoms. The van der Waals surface area contributed by atoms with Gasteiger partial charge in [-0.25, -0.2) is 4.98 Å². The smallest absolute Gasteiger partial charge is 0.255 e. The number of anilines is 3. The summed E-state index contributed by atoms with van der Waals surface area (Å²) in [6, 6.07) is 16.1. The molecule has 0 aliphatic heterocycles. The van der Waals surface area contributed by atoms with Gasteiger partial charge in [0.1, 0.15) is 23.1 Å². The van der Waals surface area contributed by atoms with E-state index in [4.69, 9.17) is 14.2 Å². The number of carbonyl (C=O) groups excluding carboxylic acids is 1. The topological polar surface area (TPSA) is 81.7 Å². The number of methoxy groups -OCH3 is 3. The van der Waals surface area contributed by atoms with E-state index in [-0.39, 0.29) is 5.91 Å². The summed E-state index contributed by atoms with van der Waals surface area (Å²) in [5.74, 6) is 2.14. The maximum absolute atomic E-state index is 12.5. The molecule has 0 radical (unpaired) electrons. The highest BCUT2D eigenvalue weighted by Crippen LogP contribution is 2.27. The zero-order valence-electron chi connectivity index (χ0n) is 15.9. The molecule has 0 saturated heterocycles. The summed E-state index contributed by atoms with van der Waals surface area (Å²) in [5, 5.41) is 5.99. The number of benzene rings is 2. The van der Waals surface area contributed by atoms with Crippen LogP contribution < -0.4 is 24.8 Å². The van der Waals surface area contributed by atoms with Crippen LogP contribution in [0.15, 0.2) is 60.8 Å². The molecule has 1 aromatic heterocycles. The molecule has 2 aromatic carbocycles. The Balaban J connectivity index is 1.71. The van der Waals surface area contributed by atoms with E-state index in [0.29, 0.717) is 34.3 Å². The molecule has 0 aliphatic carbocycles. The second-order valence-electron chi connectivity index (χ2n) is 5.81. The first kappa shape index (κ1) is 19.0. The molecule has 3 rings (SSSR count). The van der Waals surface area contributed by atoms with Gasteiger partial charge in [-0.2, -0.15) is 0 Å². The predicted octanol–water partition coefficient (Wildman–Crippen LogP) is 4.10. The number of para-hydroxylation sites is 2. The number of aromatic nitrogens is 1. The highest BCUT2D eigenvalue weighted by atomic mass is 16.5. The Bertz CT molecular complexity index is 936. The van der Waals surface area contributed by atoms with Gasteiger partial charge in [-0.3, -0.25) is 4.79 Å². The first-order chi connectivity index (χ1) is 13.6. The van der Waals surface area contributed by atoms with E-state index in [1.54, 1.807) is 43.6 Å². The molecule has 7 nitrogen and oxygen atoms in total. The number of pyridine rings is 1. The van der Waals surface area contributed by atoms with Crippen molar-refractivity contribution in [1.82, 2.24) is 4.98 Å². The van der Waals surface area contributed by atoms with E-state index >= 15 is 0 Å². The Kier molecular flexibility index (Phi) is 5.96.